The molecule has 0 aliphatic carbocycles. The number of hydrogen-bond donors (Lipinski definition) is 3. The van der Waals surface area contributed by atoms with Crippen LogP contribution in [0.25, 0.3) is 0 Å². The molecule has 2 atom stereocenters. The van der Waals surface area contributed by atoms with E-state index >= 15 is 0 Å². The van der Waals surface area contributed by atoms with Crippen molar-refractivity contribution >= 4 is 0 Å². The number of nitrogens with zero attached hydrogens (tertiary/aromatic N) is 1. The van der Waals surface area contributed by atoms with Crippen LogP contribution in [0, 0.1) is 13.8 Å². The Labute approximate surface area is 82.9 Å². The molecule has 1 rings (SSSR count). The minimum Gasteiger partial charge on any atom is -0.394 e. The fourth-order valence-electron chi connectivity index (χ4n) is 1.36. The van der Waals surface area contributed by atoms with Crippen LogP contribution in [0.1, 0.15) is 23.1 Å². The predicted molar refractivity (Wildman–Crippen MR) is 51.8 cm³/mol. The van der Waals surface area contributed by atoms with Crippen LogP contribution < -0.4 is 0 Å². The number of aliphatic hydroxyl groups is 3. The van der Waals surface area contributed by atoms with Crippen molar-refractivity contribution in [3.8, 4) is 0 Å². The SMILES string of the molecule is Cc1cc(C(O)C(O)CO)cc(C)n1. The maximum Gasteiger partial charge on any atom is 0.107 e. The third-order valence-corrected chi connectivity index (χ3v) is 2.00. The van der Waals surface area contributed by atoms with Gasteiger partial charge in [-0.05, 0) is 31.5 Å². The Morgan fingerprint density at radius 1 is 1.21 bits per heavy atom. The highest BCUT2D eigenvalue weighted by Crippen LogP contribution is 2.18. The first-order chi connectivity index (χ1) is 6.54. The molecule has 0 aliphatic heterocycles. The maximum atomic E-state index is 9.60. The Kier molecular flexibility index (Phi) is 3.57. The van der Waals surface area contributed by atoms with Gasteiger partial charge in [0.25, 0.3) is 0 Å². The molecule has 0 bridgehead atoms. The van der Waals surface area contributed by atoms with E-state index in [1.165, 1.54) is 0 Å². The van der Waals surface area contributed by atoms with E-state index in [9.17, 15) is 10.2 Å². The van der Waals surface area contributed by atoms with Crippen molar-refractivity contribution in [3.63, 3.8) is 0 Å². The van der Waals surface area contributed by atoms with Gasteiger partial charge in [-0.25, -0.2) is 0 Å². The second kappa shape index (κ2) is 4.50. The molecule has 1 aromatic heterocycles. The zero-order chi connectivity index (χ0) is 10.7. The third kappa shape index (κ3) is 2.51. The number of aliphatic hydroxyl groups excluding tert-OH is 3. The first-order valence-electron chi connectivity index (χ1n) is 4.46. The van der Waals surface area contributed by atoms with E-state index in [0.717, 1.165) is 11.4 Å². The molecule has 1 aromatic rings. The largest absolute Gasteiger partial charge is 0.394 e. The number of rotatable bonds is 3. The second-order valence-corrected chi connectivity index (χ2v) is 3.38. The first kappa shape index (κ1) is 11.1. The highest BCUT2D eigenvalue weighted by molar-refractivity contribution is 5.23. The molecule has 0 aromatic carbocycles. The summed E-state index contributed by atoms with van der Waals surface area (Å²) < 4.78 is 0. The lowest BCUT2D eigenvalue weighted by Gasteiger charge is -2.16. The van der Waals surface area contributed by atoms with Gasteiger partial charge in [-0.3, -0.25) is 4.98 Å². The third-order valence-electron chi connectivity index (χ3n) is 2.00. The number of aryl methyl sites for hydroxylation is 2. The smallest absolute Gasteiger partial charge is 0.107 e. The van der Waals surface area contributed by atoms with Crippen LogP contribution in [0.3, 0.4) is 0 Å². The Morgan fingerprint density at radius 2 is 1.71 bits per heavy atom. The lowest BCUT2D eigenvalue weighted by atomic mass is 10.0. The average molecular weight is 197 g/mol. The summed E-state index contributed by atoms with van der Waals surface area (Å²) in [6, 6.07) is 3.38. The Bertz CT molecular complexity index is 294. The van der Waals surface area contributed by atoms with E-state index in [4.69, 9.17) is 5.11 Å². The zero-order valence-electron chi connectivity index (χ0n) is 8.31. The molecule has 0 aliphatic rings. The minimum absolute atomic E-state index is 0.457. The van der Waals surface area contributed by atoms with Gasteiger partial charge in [0.2, 0.25) is 0 Å². The van der Waals surface area contributed by atoms with Crippen LogP contribution in [0.4, 0.5) is 0 Å². The fourth-order valence-corrected chi connectivity index (χ4v) is 1.36. The lowest BCUT2D eigenvalue weighted by molar-refractivity contribution is -0.0153. The molecule has 0 fully saturated rings. The second-order valence-electron chi connectivity index (χ2n) is 3.38. The number of pyridine rings is 1. The topological polar surface area (TPSA) is 73.6 Å². The molecule has 78 valence electrons. The zero-order valence-corrected chi connectivity index (χ0v) is 8.31. The standard InChI is InChI=1S/C10H15NO3/c1-6-3-8(4-7(2)11-6)10(14)9(13)5-12/h3-4,9-10,12-14H,5H2,1-2H3. The van der Waals surface area contributed by atoms with Gasteiger partial charge in [0.05, 0.1) is 6.61 Å². The molecule has 0 saturated carbocycles. The summed E-state index contributed by atoms with van der Waals surface area (Å²) in [5.41, 5.74) is 2.14. The van der Waals surface area contributed by atoms with Crippen molar-refractivity contribution in [1.82, 2.24) is 4.98 Å². The van der Waals surface area contributed by atoms with E-state index in [1.54, 1.807) is 12.1 Å². The van der Waals surface area contributed by atoms with E-state index in [2.05, 4.69) is 4.98 Å². The molecule has 0 saturated heterocycles. The molecule has 1 heterocycles. The summed E-state index contributed by atoms with van der Waals surface area (Å²) in [6.07, 6.45) is -2.20. The van der Waals surface area contributed by atoms with E-state index in [1.807, 2.05) is 13.8 Å². The summed E-state index contributed by atoms with van der Waals surface area (Å²) in [5.74, 6) is 0. The number of aromatic nitrogens is 1. The van der Waals surface area contributed by atoms with Crippen LogP contribution in [0.5, 0.6) is 0 Å². The van der Waals surface area contributed by atoms with E-state index < -0.39 is 18.8 Å². The normalized spacial score (nSPS) is 15.2. The van der Waals surface area contributed by atoms with Crippen LogP contribution in [-0.2, 0) is 0 Å². The van der Waals surface area contributed by atoms with Gasteiger partial charge in [-0.1, -0.05) is 0 Å². The van der Waals surface area contributed by atoms with E-state index in [-0.39, 0.29) is 0 Å². The highest BCUT2D eigenvalue weighted by Gasteiger charge is 2.17. The molecule has 14 heavy (non-hydrogen) atoms. The monoisotopic (exact) mass is 197 g/mol. The van der Waals surface area contributed by atoms with Gasteiger partial charge >= 0.3 is 0 Å². The van der Waals surface area contributed by atoms with E-state index in [0.29, 0.717) is 5.56 Å². The molecule has 4 heteroatoms. The Hall–Kier alpha value is -0.970. The molecule has 0 amide bonds. The van der Waals surface area contributed by atoms with Gasteiger partial charge in [-0.15, -0.1) is 0 Å². The van der Waals surface area contributed by atoms with Crippen molar-refractivity contribution in [2.75, 3.05) is 6.61 Å². The van der Waals surface area contributed by atoms with Gasteiger partial charge in [0.15, 0.2) is 0 Å². The van der Waals surface area contributed by atoms with Crippen molar-refractivity contribution < 1.29 is 15.3 Å². The minimum atomic E-state index is -1.14. The molecule has 2 unspecified atom stereocenters. The summed E-state index contributed by atoms with van der Waals surface area (Å²) in [5, 5.41) is 27.5. The summed E-state index contributed by atoms with van der Waals surface area (Å²) >= 11 is 0. The molecule has 3 N–H and O–H groups in total. The first-order valence-corrected chi connectivity index (χ1v) is 4.46. The lowest BCUT2D eigenvalue weighted by Crippen LogP contribution is -2.22. The van der Waals surface area contributed by atoms with Gasteiger partial charge in [0, 0.05) is 11.4 Å². The number of hydrogen-bond acceptors (Lipinski definition) is 4. The van der Waals surface area contributed by atoms with Gasteiger partial charge < -0.3 is 15.3 Å². The Balaban J connectivity index is 2.94. The van der Waals surface area contributed by atoms with Crippen molar-refractivity contribution in [2.45, 2.75) is 26.1 Å². The van der Waals surface area contributed by atoms with Crippen molar-refractivity contribution in [3.05, 3.63) is 29.1 Å². The predicted octanol–water partition coefficient (Wildman–Crippen LogP) is 0.0850. The van der Waals surface area contributed by atoms with Gasteiger partial charge in [0.1, 0.15) is 12.2 Å². The quantitative estimate of drug-likeness (QED) is 0.642. The molecule has 4 nitrogen and oxygen atoms in total. The van der Waals surface area contributed by atoms with Crippen LogP contribution in [0.15, 0.2) is 12.1 Å². The molecular formula is C10H15NO3. The molecule has 0 spiro atoms. The van der Waals surface area contributed by atoms with Gasteiger partial charge in [-0.2, -0.15) is 0 Å². The highest BCUT2D eigenvalue weighted by atomic mass is 16.4. The molecule has 0 radical (unpaired) electrons. The average Bonchev–Trinajstić information content (AvgIpc) is 2.14. The van der Waals surface area contributed by atoms with Crippen molar-refractivity contribution in [1.29, 1.82) is 0 Å². The summed E-state index contributed by atoms with van der Waals surface area (Å²) in [7, 11) is 0. The molecular weight excluding hydrogens is 182 g/mol. The van der Waals surface area contributed by atoms with Crippen LogP contribution in [0.2, 0.25) is 0 Å². The maximum absolute atomic E-state index is 9.60. The van der Waals surface area contributed by atoms with Crippen molar-refractivity contribution in [2.24, 2.45) is 0 Å². The Morgan fingerprint density at radius 3 is 2.14 bits per heavy atom. The van der Waals surface area contributed by atoms with Crippen LogP contribution in [-0.4, -0.2) is 33.0 Å². The fraction of sp³-hybridized carbons (Fsp3) is 0.500. The summed E-state index contributed by atoms with van der Waals surface area (Å²) in [6.45, 7) is 3.17. The van der Waals surface area contributed by atoms with Crippen LogP contribution >= 0.6 is 0 Å². The summed E-state index contributed by atoms with van der Waals surface area (Å²) in [4.78, 5) is 4.15.